The second-order valence-electron chi connectivity index (χ2n) is 7.06. The predicted octanol–water partition coefficient (Wildman–Crippen LogP) is 2.85. The Morgan fingerprint density at radius 3 is 2.80 bits per heavy atom. The van der Waals surface area contributed by atoms with Crippen molar-refractivity contribution in [3.05, 3.63) is 66.1 Å². The maximum atomic E-state index is 12.5. The molecule has 5 heteroatoms. The molecule has 1 spiro atoms. The lowest BCUT2D eigenvalue weighted by Gasteiger charge is -2.48. The van der Waals surface area contributed by atoms with Crippen LogP contribution in [0.25, 0.3) is 0 Å². The van der Waals surface area contributed by atoms with Gasteiger partial charge >= 0.3 is 0 Å². The van der Waals surface area contributed by atoms with Gasteiger partial charge in [0.1, 0.15) is 0 Å². The normalized spacial score (nSPS) is 19.6. The number of likely N-dealkylation sites (tertiary alicyclic amines) is 1. The monoisotopic (exact) mass is 337 g/mol. The molecule has 3 heterocycles. The molecule has 0 bridgehead atoms. The van der Waals surface area contributed by atoms with E-state index in [2.05, 4.69) is 40.9 Å². The second kappa shape index (κ2) is 6.48. The van der Waals surface area contributed by atoms with E-state index < -0.39 is 0 Å². The maximum absolute atomic E-state index is 12.5. The summed E-state index contributed by atoms with van der Waals surface area (Å²) in [6, 6.07) is 10.4. The zero-order chi connectivity index (χ0) is 17.3. The minimum Gasteiger partial charge on any atom is -0.351 e. The summed E-state index contributed by atoms with van der Waals surface area (Å²) in [6.07, 6.45) is 5.43. The van der Waals surface area contributed by atoms with Gasteiger partial charge in [-0.05, 0) is 24.0 Å². The molecule has 25 heavy (non-hydrogen) atoms. The first kappa shape index (κ1) is 16.1. The molecule has 4 rings (SSSR count). The minimum absolute atomic E-state index is 0.0561. The van der Waals surface area contributed by atoms with E-state index in [0.29, 0.717) is 5.76 Å². The highest BCUT2D eigenvalue weighted by Crippen LogP contribution is 2.41. The van der Waals surface area contributed by atoms with Crippen molar-refractivity contribution in [2.45, 2.75) is 24.8 Å². The Kier molecular flexibility index (Phi) is 4.17. The van der Waals surface area contributed by atoms with Gasteiger partial charge in [0.2, 0.25) is 5.76 Å². The van der Waals surface area contributed by atoms with Crippen LogP contribution in [0.5, 0.6) is 0 Å². The van der Waals surface area contributed by atoms with Crippen molar-refractivity contribution in [1.82, 2.24) is 15.0 Å². The third-order valence-corrected chi connectivity index (χ3v) is 5.55. The smallest absolute Gasteiger partial charge is 0.292 e. The molecular formula is C20H23N3O2. The quantitative estimate of drug-likeness (QED) is 0.808. The number of fused-ring (bicyclic) bond motifs is 2. The number of carbonyl (C=O) groups is 1. The van der Waals surface area contributed by atoms with Crippen molar-refractivity contribution in [3.63, 3.8) is 0 Å². The zero-order valence-electron chi connectivity index (χ0n) is 14.4. The van der Waals surface area contributed by atoms with Gasteiger partial charge in [-0.25, -0.2) is 0 Å². The molecule has 0 N–H and O–H groups in total. The van der Waals surface area contributed by atoms with Gasteiger partial charge in [-0.3, -0.25) is 9.69 Å². The summed E-state index contributed by atoms with van der Waals surface area (Å²) in [5.74, 6) is 0.271. The molecule has 5 nitrogen and oxygen atoms in total. The fraction of sp³-hybridized carbons (Fsp3) is 0.400. The van der Waals surface area contributed by atoms with E-state index in [1.165, 1.54) is 17.3 Å². The van der Waals surface area contributed by atoms with E-state index in [1.54, 1.807) is 6.07 Å². The predicted molar refractivity (Wildman–Crippen MR) is 95.2 cm³/mol. The highest BCUT2D eigenvalue weighted by atomic mass is 16.5. The van der Waals surface area contributed by atoms with E-state index in [4.69, 9.17) is 4.52 Å². The van der Waals surface area contributed by atoms with Crippen LogP contribution in [0.1, 0.15) is 34.5 Å². The first-order chi connectivity index (χ1) is 12.2. The summed E-state index contributed by atoms with van der Waals surface area (Å²) in [4.78, 5) is 16.9. The summed E-state index contributed by atoms with van der Waals surface area (Å²) in [7, 11) is 0. The SMILES string of the molecule is C=CCN1Cc2ccccc2C2(CCN(C(=O)c3ccno3)CC2)C1. The van der Waals surface area contributed by atoms with E-state index in [0.717, 1.165) is 45.6 Å². The molecule has 0 saturated carbocycles. The standard InChI is InChI=1S/C20H23N3O2/c1-2-11-22-14-16-5-3-4-6-17(16)20(15-22)8-12-23(13-9-20)19(24)18-7-10-21-25-18/h2-7,10H,1,8-9,11-15H2. The van der Waals surface area contributed by atoms with Crippen molar-refractivity contribution in [2.75, 3.05) is 26.2 Å². The van der Waals surface area contributed by atoms with E-state index in [-0.39, 0.29) is 11.3 Å². The molecule has 1 fully saturated rings. The largest absolute Gasteiger partial charge is 0.351 e. The molecule has 130 valence electrons. The molecule has 1 aromatic carbocycles. The molecule has 1 aromatic heterocycles. The van der Waals surface area contributed by atoms with Gasteiger partial charge < -0.3 is 9.42 Å². The van der Waals surface area contributed by atoms with Crippen LogP contribution in [0.15, 0.2) is 53.7 Å². The van der Waals surface area contributed by atoms with Crippen LogP contribution in [0.2, 0.25) is 0 Å². The molecule has 2 aliphatic heterocycles. The first-order valence-electron chi connectivity index (χ1n) is 8.83. The zero-order valence-corrected chi connectivity index (χ0v) is 14.4. The van der Waals surface area contributed by atoms with E-state index in [9.17, 15) is 4.79 Å². The maximum Gasteiger partial charge on any atom is 0.292 e. The van der Waals surface area contributed by atoms with Gasteiger partial charge in [-0.15, -0.1) is 6.58 Å². The second-order valence-corrected chi connectivity index (χ2v) is 7.06. The Morgan fingerprint density at radius 1 is 1.28 bits per heavy atom. The number of carbonyl (C=O) groups excluding carboxylic acids is 1. The first-order valence-corrected chi connectivity index (χ1v) is 8.83. The van der Waals surface area contributed by atoms with Gasteiger partial charge in [-0.2, -0.15) is 0 Å². The summed E-state index contributed by atoms with van der Waals surface area (Å²) in [6.45, 7) is 8.29. The van der Waals surface area contributed by atoms with Crippen LogP contribution in [-0.4, -0.2) is 47.0 Å². The lowest BCUT2D eigenvalue weighted by atomic mass is 9.69. The van der Waals surface area contributed by atoms with Gasteiger partial charge in [0, 0.05) is 44.2 Å². The Labute approximate surface area is 147 Å². The Hall–Kier alpha value is -2.40. The lowest BCUT2D eigenvalue weighted by Crippen LogP contribution is -2.52. The average Bonchev–Trinajstić information content (AvgIpc) is 3.17. The number of hydrogen-bond donors (Lipinski definition) is 0. The van der Waals surface area contributed by atoms with Gasteiger partial charge in [0.15, 0.2) is 0 Å². The fourth-order valence-corrected chi connectivity index (χ4v) is 4.34. The summed E-state index contributed by atoms with van der Waals surface area (Å²) in [5.41, 5.74) is 2.99. The van der Waals surface area contributed by atoms with E-state index >= 15 is 0 Å². The molecule has 2 aliphatic rings. The van der Waals surface area contributed by atoms with Crippen LogP contribution in [0.4, 0.5) is 0 Å². The molecule has 1 amide bonds. The Bertz CT molecular complexity index is 761. The van der Waals surface area contributed by atoms with Crippen molar-refractivity contribution in [3.8, 4) is 0 Å². The summed E-state index contributed by atoms with van der Waals surface area (Å²) < 4.78 is 5.03. The van der Waals surface area contributed by atoms with Crippen LogP contribution in [0, 0.1) is 0 Å². The van der Waals surface area contributed by atoms with Crippen molar-refractivity contribution >= 4 is 5.91 Å². The number of hydrogen-bond acceptors (Lipinski definition) is 4. The molecule has 0 aliphatic carbocycles. The average molecular weight is 337 g/mol. The van der Waals surface area contributed by atoms with Crippen LogP contribution < -0.4 is 0 Å². The molecule has 1 saturated heterocycles. The fourth-order valence-electron chi connectivity index (χ4n) is 4.34. The van der Waals surface area contributed by atoms with Crippen molar-refractivity contribution in [2.24, 2.45) is 0 Å². The topological polar surface area (TPSA) is 49.6 Å². The molecule has 0 unspecified atom stereocenters. The Morgan fingerprint density at radius 2 is 2.08 bits per heavy atom. The van der Waals surface area contributed by atoms with Crippen LogP contribution >= 0.6 is 0 Å². The number of benzene rings is 1. The van der Waals surface area contributed by atoms with E-state index in [1.807, 2.05) is 11.0 Å². The minimum atomic E-state index is -0.0561. The summed E-state index contributed by atoms with van der Waals surface area (Å²) in [5, 5.41) is 3.64. The summed E-state index contributed by atoms with van der Waals surface area (Å²) >= 11 is 0. The van der Waals surface area contributed by atoms with Gasteiger partial charge in [0.05, 0.1) is 6.20 Å². The highest BCUT2D eigenvalue weighted by molar-refractivity contribution is 5.91. The highest BCUT2D eigenvalue weighted by Gasteiger charge is 2.42. The number of aromatic nitrogens is 1. The van der Waals surface area contributed by atoms with Crippen molar-refractivity contribution in [1.29, 1.82) is 0 Å². The van der Waals surface area contributed by atoms with Crippen LogP contribution in [0.3, 0.4) is 0 Å². The molecule has 0 radical (unpaired) electrons. The van der Waals surface area contributed by atoms with Gasteiger partial charge in [-0.1, -0.05) is 35.5 Å². The third kappa shape index (κ3) is 2.89. The Balaban J connectivity index is 1.56. The lowest BCUT2D eigenvalue weighted by molar-refractivity contribution is 0.0566. The number of amides is 1. The third-order valence-electron chi connectivity index (χ3n) is 5.55. The van der Waals surface area contributed by atoms with Crippen LogP contribution in [-0.2, 0) is 12.0 Å². The molecule has 0 atom stereocenters. The number of rotatable bonds is 3. The number of nitrogens with zero attached hydrogens (tertiary/aromatic N) is 3. The number of piperidine rings is 1. The van der Waals surface area contributed by atoms with Crippen molar-refractivity contribution < 1.29 is 9.32 Å². The molecule has 2 aromatic rings. The van der Waals surface area contributed by atoms with Gasteiger partial charge in [0.25, 0.3) is 5.91 Å². The molecular weight excluding hydrogens is 314 g/mol.